The second kappa shape index (κ2) is 6.52. The fraction of sp³-hybridized carbons (Fsp3) is 0.133. The van der Waals surface area contributed by atoms with Crippen molar-refractivity contribution < 1.29 is 18.3 Å². The molecule has 0 unspecified atom stereocenters. The van der Waals surface area contributed by atoms with Crippen LogP contribution in [0.15, 0.2) is 47.4 Å². The quantitative estimate of drug-likeness (QED) is 0.617. The molecular weight excluding hydrogens is 282 g/mol. The number of hydrogen-bond acceptors (Lipinski definition) is 3. The first-order valence-electron chi connectivity index (χ1n) is 5.85. The van der Waals surface area contributed by atoms with Crippen LogP contribution in [0.4, 0.5) is 8.78 Å². The van der Waals surface area contributed by atoms with Gasteiger partial charge in [-0.15, -0.1) is 11.8 Å². The predicted octanol–water partition coefficient (Wildman–Crippen LogP) is 3.95. The summed E-state index contributed by atoms with van der Waals surface area (Å²) in [7, 11) is 0. The van der Waals surface area contributed by atoms with Gasteiger partial charge in [0, 0.05) is 16.5 Å². The number of benzene rings is 2. The Morgan fingerprint density at radius 3 is 2.50 bits per heavy atom. The molecule has 0 amide bonds. The van der Waals surface area contributed by atoms with Crippen LogP contribution in [-0.4, -0.2) is 18.6 Å². The average Bonchev–Trinajstić information content (AvgIpc) is 2.48. The molecule has 20 heavy (non-hydrogen) atoms. The summed E-state index contributed by atoms with van der Waals surface area (Å²) in [6, 6.07) is 9.87. The van der Waals surface area contributed by atoms with Crippen molar-refractivity contribution in [1.29, 1.82) is 0 Å². The lowest BCUT2D eigenvalue weighted by Crippen LogP contribution is -2.12. The minimum absolute atomic E-state index is 0.265. The van der Waals surface area contributed by atoms with Crippen molar-refractivity contribution in [2.45, 2.75) is 4.90 Å². The number of ether oxygens (including phenoxy) is 1. The minimum atomic E-state index is -0.697. The number of thioether (sulfide) groups is 1. The van der Waals surface area contributed by atoms with Gasteiger partial charge in [0.25, 0.3) is 0 Å². The first-order valence-corrected chi connectivity index (χ1v) is 7.07. The van der Waals surface area contributed by atoms with Gasteiger partial charge in [-0.2, -0.15) is 0 Å². The maximum absolute atomic E-state index is 13.3. The first-order chi connectivity index (χ1) is 9.60. The molecule has 104 valence electrons. The monoisotopic (exact) mass is 294 g/mol. The van der Waals surface area contributed by atoms with Crippen molar-refractivity contribution in [2.75, 3.05) is 12.9 Å². The molecule has 0 radical (unpaired) electrons. The Balaban J connectivity index is 2.02. The smallest absolute Gasteiger partial charge is 0.200 e. The Morgan fingerprint density at radius 2 is 1.85 bits per heavy atom. The lowest BCUT2D eigenvalue weighted by atomic mass is 10.1. The fourth-order valence-corrected chi connectivity index (χ4v) is 2.00. The maximum atomic E-state index is 13.3. The lowest BCUT2D eigenvalue weighted by Gasteiger charge is -2.07. The molecule has 0 saturated carbocycles. The predicted molar refractivity (Wildman–Crippen MR) is 74.4 cm³/mol. The highest BCUT2D eigenvalue weighted by Crippen LogP contribution is 2.19. The van der Waals surface area contributed by atoms with Crippen molar-refractivity contribution in [1.82, 2.24) is 0 Å². The van der Waals surface area contributed by atoms with Gasteiger partial charge in [-0.3, -0.25) is 4.79 Å². The van der Waals surface area contributed by atoms with Crippen LogP contribution in [0.5, 0.6) is 5.75 Å². The third kappa shape index (κ3) is 3.57. The van der Waals surface area contributed by atoms with Gasteiger partial charge in [0.1, 0.15) is 5.82 Å². The largest absolute Gasteiger partial charge is 0.482 e. The number of ketones is 1. The summed E-state index contributed by atoms with van der Waals surface area (Å²) < 4.78 is 31.3. The van der Waals surface area contributed by atoms with E-state index >= 15 is 0 Å². The van der Waals surface area contributed by atoms with E-state index in [2.05, 4.69) is 0 Å². The standard InChI is InChI=1S/C15H12F2O2S/c1-20-12-5-2-10(3-6-12)14(18)9-19-15-8-11(16)4-7-13(15)17/h2-8H,9H2,1H3. The van der Waals surface area contributed by atoms with E-state index in [0.717, 1.165) is 23.1 Å². The molecule has 0 aliphatic rings. The zero-order valence-corrected chi connectivity index (χ0v) is 11.5. The second-order valence-corrected chi connectivity index (χ2v) is 4.89. The molecule has 2 nitrogen and oxygen atoms in total. The third-order valence-electron chi connectivity index (χ3n) is 2.66. The van der Waals surface area contributed by atoms with Gasteiger partial charge in [-0.1, -0.05) is 12.1 Å². The molecule has 0 N–H and O–H groups in total. The molecule has 2 aromatic carbocycles. The molecule has 2 rings (SSSR count). The van der Waals surface area contributed by atoms with Crippen molar-refractivity contribution in [3.63, 3.8) is 0 Å². The number of carbonyl (C=O) groups excluding carboxylic acids is 1. The summed E-state index contributed by atoms with van der Waals surface area (Å²) in [5.74, 6) is -1.87. The molecule has 0 aliphatic heterocycles. The number of hydrogen-bond donors (Lipinski definition) is 0. The van der Waals surface area contributed by atoms with Crippen molar-refractivity contribution in [3.05, 3.63) is 59.7 Å². The molecule has 0 atom stereocenters. The molecule has 0 fully saturated rings. The summed E-state index contributed by atoms with van der Waals surface area (Å²) in [6.45, 7) is -0.334. The SMILES string of the molecule is CSc1ccc(C(=O)COc2cc(F)ccc2F)cc1. The van der Waals surface area contributed by atoms with Gasteiger partial charge in [0.2, 0.25) is 0 Å². The molecule has 0 heterocycles. The summed E-state index contributed by atoms with van der Waals surface area (Å²) in [5, 5.41) is 0. The molecule has 2 aromatic rings. The van der Waals surface area contributed by atoms with Crippen LogP contribution in [0.2, 0.25) is 0 Å². The molecular formula is C15H12F2O2S. The van der Waals surface area contributed by atoms with E-state index in [9.17, 15) is 13.6 Å². The topological polar surface area (TPSA) is 26.3 Å². The number of carbonyl (C=O) groups is 1. The highest BCUT2D eigenvalue weighted by Gasteiger charge is 2.10. The van der Waals surface area contributed by atoms with Crippen LogP contribution in [0, 0.1) is 11.6 Å². The average molecular weight is 294 g/mol. The maximum Gasteiger partial charge on any atom is 0.200 e. The Kier molecular flexibility index (Phi) is 4.74. The van der Waals surface area contributed by atoms with E-state index < -0.39 is 11.6 Å². The minimum Gasteiger partial charge on any atom is -0.482 e. The van der Waals surface area contributed by atoms with Crippen LogP contribution in [0.25, 0.3) is 0 Å². The lowest BCUT2D eigenvalue weighted by molar-refractivity contribution is 0.0918. The van der Waals surface area contributed by atoms with Gasteiger partial charge in [-0.25, -0.2) is 8.78 Å². The van der Waals surface area contributed by atoms with E-state index in [1.54, 1.807) is 23.9 Å². The first kappa shape index (κ1) is 14.5. The Morgan fingerprint density at radius 1 is 1.15 bits per heavy atom. The molecule has 0 spiro atoms. The van der Waals surface area contributed by atoms with Crippen molar-refractivity contribution in [2.24, 2.45) is 0 Å². The van der Waals surface area contributed by atoms with Crippen LogP contribution >= 0.6 is 11.8 Å². The van der Waals surface area contributed by atoms with E-state index in [0.29, 0.717) is 5.56 Å². The summed E-state index contributed by atoms with van der Waals surface area (Å²) in [5.41, 5.74) is 0.472. The van der Waals surface area contributed by atoms with Gasteiger partial charge in [0.15, 0.2) is 24.0 Å². The normalized spacial score (nSPS) is 10.3. The summed E-state index contributed by atoms with van der Waals surface area (Å²) >= 11 is 1.57. The van der Waals surface area contributed by atoms with E-state index in [1.165, 1.54) is 0 Å². The second-order valence-electron chi connectivity index (χ2n) is 4.02. The van der Waals surface area contributed by atoms with Crippen molar-refractivity contribution in [3.8, 4) is 5.75 Å². The number of rotatable bonds is 5. The zero-order valence-electron chi connectivity index (χ0n) is 10.7. The van der Waals surface area contributed by atoms with Crippen molar-refractivity contribution >= 4 is 17.5 Å². The fourth-order valence-electron chi connectivity index (χ4n) is 1.59. The third-order valence-corrected chi connectivity index (χ3v) is 3.41. The van der Waals surface area contributed by atoms with Crippen LogP contribution in [0.3, 0.4) is 0 Å². The zero-order chi connectivity index (χ0) is 14.5. The Hall–Kier alpha value is -1.88. The molecule has 0 saturated heterocycles. The van der Waals surface area contributed by atoms with Gasteiger partial charge >= 0.3 is 0 Å². The van der Waals surface area contributed by atoms with Crippen LogP contribution < -0.4 is 4.74 Å². The van der Waals surface area contributed by atoms with Gasteiger partial charge < -0.3 is 4.74 Å². The highest BCUT2D eigenvalue weighted by atomic mass is 32.2. The Labute approximate surface area is 119 Å². The van der Waals surface area contributed by atoms with E-state index in [4.69, 9.17) is 4.74 Å². The van der Waals surface area contributed by atoms with E-state index in [-0.39, 0.29) is 18.1 Å². The van der Waals surface area contributed by atoms with Crippen LogP contribution in [-0.2, 0) is 0 Å². The summed E-state index contributed by atoms with van der Waals surface area (Å²) in [4.78, 5) is 12.9. The molecule has 0 aliphatic carbocycles. The molecule has 0 bridgehead atoms. The molecule has 5 heteroatoms. The van der Waals surface area contributed by atoms with Crippen LogP contribution in [0.1, 0.15) is 10.4 Å². The van der Waals surface area contributed by atoms with Gasteiger partial charge in [-0.05, 0) is 30.5 Å². The Bertz CT molecular complexity index is 612. The van der Waals surface area contributed by atoms with Gasteiger partial charge in [0.05, 0.1) is 0 Å². The number of Topliss-reactive ketones (excluding diaryl/α,β-unsaturated/α-hetero) is 1. The summed E-state index contributed by atoms with van der Waals surface area (Å²) in [6.07, 6.45) is 1.94. The molecule has 0 aromatic heterocycles. The number of halogens is 2. The van der Waals surface area contributed by atoms with E-state index in [1.807, 2.05) is 18.4 Å². The highest BCUT2D eigenvalue weighted by molar-refractivity contribution is 7.98.